The number of nitrogens with zero attached hydrogens (tertiary/aromatic N) is 3. The Balaban J connectivity index is 1.79. The molecule has 0 saturated carbocycles. The third kappa shape index (κ3) is 2.50. The Kier molecular flexibility index (Phi) is 3.98. The number of carbonyl (C=O) groups excluding carboxylic acids is 1. The van der Waals surface area contributed by atoms with Crippen LogP contribution in [-0.4, -0.2) is 37.3 Å². The Hall–Kier alpha value is -3.25. The molecular weight excluding hydrogens is 384 g/mol. The number of likely N-dealkylation sites (N-methyl/N-ethyl adjacent to an activating group) is 1. The lowest BCUT2D eigenvalue weighted by Gasteiger charge is -2.45. The number of pyridine rings is 1. The van der Waals surface area contributed by atoms with Crippen LogP contribution in [0.5, 0.6) is 5.88 Å². The molecule has 2 aromatic rings. The van der Waals surface area contributed by atoms with E-state index in [0.717, 1.165) is 16.8 Å². The number of nitrogens with one attached hydrogen (secondary N) is 1. The maximum absolute atomic E-state index is 13.4. The molecule has 0 bridgehead atoms. The van der Waals surface area contributed by atoms with Gasteiger partial charge in [0.05, 0.1) is 54.6 Å². The first kappa shape index (κ1) is 18.8. The van der Waals surface area contributed by atoms with E-state index < -0.39 is 16.5 Å². The molecule has 5 rings (SSSR count). The minimum atomic E-state index is -1.20. The van der Waals surface area contributed by atoms with Crippen LogP contribution in [0.1, 0.15) is 35.1 Å². The number of amides is 1. The van der Waals surface area contributed by atoms with Gasteiger partial charge in [-0.1, -0.05) is 6.07 Å². The normalized spacial score (nSPS) is 24.8. The Morgan fingerprint density at radius 3 is 2.80 bits per heavy atom. The van der Waals surface area contributed by atoms with E-state index in [-0.39, 0.29) is 11.8 Å². The number of hydrogen-bond acceptors (Lipinski definition) is 7. The van der Waals surface area contributed by atoms with E-state index in [4.69, 9.17) is 9.47 Å². The lowest BCUT2D eigenvalue weighted by atomic mass is 9.76. The van der Waals surface area contributed by atoms with Crippen molar-refractivity contribution in [2.24, 2.45) is 0 Å². The molecule has 1 N–H and O–H groups in total. The first-order chi connectivity index (χ1) is 14.3. The van der Waals surface area contributed by atoms with Crippen molar-refractivity contribution in [3.8, 4) is 11.9 Å². The largest absolute Gasteiger partial charge is 0.620 e. The van der Waals surface area contributed by atoms with E-state index in [0.29, 0.717) is 41.5 Å². The summed E-state index contributed by atoms with van der Waals surface area (Å²) in [5, 5.41) is 26.0. The number of fused-ring (bicyclic) bond motifs is 5. The highest BCUT2D eigenvalue weighted by atomic mass is 16.6. The fourth-order valence-corrected chi connectivity index (χ4v) is 4.35. The monoisotopic (exact) mass is 404 g/mol. The Morgan fingerprint density at radius 2 is 2.13 bits per heavy atom. The molecule has 1 amide bonds. The maximum atomic E-state index is 13.4. The fraction of sp³-hybridized carbons (Fsp3) is 0.318. The molecule has 1 unspecified atom stereocenters. The van der Waals surface area contributed by atoms with Gasteiger partial charge in [-0.05, 0) is 25.5 Å². The average molecular weight is 404 g/mol. The lowest BCUT2D eigenvalue weighted by molar-refractivity contribution is -0.124. The number of hydroxylamine groups is 2. The number of quaternary nitrogens is 1. The molecule has 4 heterocycles. The Morgan fingerprint density at radius 1 is 1.37 bits per heavy atom. The zero-order valence-corrected chi connectivity index (χ0v) is 16.9. The second-order valence-electron chi connectivity index (χ2n) is 8.02. The quantitative estimate of drug-likeness (QED) is 0.606. The van der Waals surface area contributed by atoms with Crippen LogP contribution in [0.4, 0.5) is 11.4 Å². The summed E-state index contributed by atoms with van der Waals surface area (Å²) in [6.45, 7) is 4.71. The summed E-state index contributed by atoms with van der Waals surface area (Å²) < 4.78 is 10.1. The standard InChI is InChI=1S/C22H20N4O4/c1-11-8-24-21(30-14-9-29-10-14)19-18-15-5-4-13(7-23)6-16(15)26(3,28)22(27)17(18)12(2)25-20(11)19/h4-6,8,14,18,25H,9-10H2,1-3H3/t18-,26?/m0/s1. The number of anilines is 1. The van der Waals surface area contributed by atoms with E-state index in [2.05, 4.69) is 16.4 Å². The smallest absolute Gasteiger partial charge is 0.349 e. The first-order valence-corrected chi connectivity index (χ1v) is 9.71. The van der Waals surface area contributed by atoms with Crippen LogP contribution in [-0.2, 0) is 9.53 Å². The van der Waals surface area contributed by atoms with E-state index in [1.807, 2.05) is 6.92 Å². The molecule has 30 heavy (non-hydrogen) atoms. The summed E-state index contributed by atoms with van der Waals surface area (Å²) >= 11 is 0. The van der Waals surface area contributed by atoms with Gasteiger partial charge in [0, 0.05) is 23.5 Å². The van der Waals surface area contributed by atoms with Gasteiger partial charge in [0.1, 0.15) is 11.8 Å². The maximum Gasteiger partial charge on any atom is 0.349 e. The van der Waals surface area contributed by atoms with Gasteiger partial charge in [0.2, 0.25) is 5.88 Å². The summed E-state index contributed by atoms with van der Waals surface area (Å²) in [5.74, 6) is -0.630. The van der Waals surface area contributed by atoms with Crippen LogP contribution in [0.15, 0.2) is 35.7 Å². The fourth-order valence-electron chi connectivity index (χ4n) is 4.35. The minimum absolute atomic E-state index is 0.0972. The lowest BCUT2D eigenvalue weighted by Crippen LogP contribution is -2.51. The second-order valence-corrected chi connectivity index (χ2v) is 8.02. The van der Waals surface area contributed by atoms with Gasteiger partial charge in [-0.2, -0.15) is 5.26 Å². The van der Waals surface area contributed by atoms with Gasteiger partial charge in [0.15, 0.2) is 0 Å². The molecule has 0 spiro atoms. The van der Waals surface area contributed by atoms with Gasteiger partial charge < -0.3 is 20.0 Å². The molecule has 1 aromatic heterocycles. The summed E-state index contributed by atoms with van der Waals surface area (Å²) in [6.07, 6.45) is 1.64. The predicted octanol–water partition coefficient (Wildman–Crippen LogP) is 2.85. The van der Waals surface area contributed by atoms with Crippen molar-refractivity contribution < 1.29 is 14.3 Å². The zero-order chi connectivity index (χ0) is 21.2. The van der Waals surface area contributed by atoms with Crippen molar-refractivity contribution in [1.82, 2.24) is 9.63 Å². The van der Waals surface area contributed by atoms with Crippen LogP contribution < -0.4 is 14.7 Å². The van der Waals surface area contributed by atoms with Crippen LogP contribution in [0.25, 0.3) is 0 Å². The van der Waals surface area contributed by atoms with Gasteiger partial charge >= 0.3 is 5.91 Å². The third-order valence-corrected chi connectivity index (χ3v) is 6.00. The summed E-state index contributed by atoms with van der Waals surface area (Å²) in [4.78, 5) is 17.9. The van der Waals surface area contributed by atoms with Crippen molar-refractivity contribution in [2.75, 3.05) is 25.6 Å². The van der Waals surface area contributed by atoms with Gasteiger partial charge in [-0.3, -0.25) is 4.65 Å². The Labute approximate surface area is 173 Å². The van der Waals surface area contributed by atoms with Crippen molar-refractivity contribution in [3.05, 3.63) is 63.1 Å². The van der Waals surface area contributed by atoms with Crippen molar-refractivity contribution in [2.45, 2.75) is 25.9 Å². The van der Waals surface area contributed by atoms with E-state index >= 15 is 0 Å². The minimum Gasteiger partial charge on any atom is -0.620 e. The van der Waals surface area contributed by atoms with Gasteiger partial charge in [-0.15, -0.1) is 0 Å². The highest BCUT2D eigenvalue weighted by molar-refractivity contribution is 6.09. The molecule has 152 valence electrons. The molecule has 1 fully saturated rings. The number of hydrogen-bond donors (Lipinski definition) is 1. The SMILES string of the molecule is CC1=C2C(=O)[N+](C)([O-])c3cc(C#N)ccc3[C@@H]2c2c(OC3COC3)ncc(C)c2N1. The number of aryl methyl sites for hydroxylation is 1. The van der Waals surface area contributed by atoms with Crippen LogP contribution in [0.3, 0.4) is 0 Å². The Bertz CT molecular complexity index is 1170. The molecule has 0 radical (unpaired) electrons. The molecule has 8 nitrogen and oxygen atoms in total. The first-order valence-electron chi connectivity index (χ1n) is 9.71. The number of nitriles is 1. The average Bonchev–Trinajstić information content (AvgIpc) is 2.69. The molecule has 3 aliphatic heterocycles. The van der Waals surface area contributed by atoms with E-state index in [9.17, 15) is 15.3 Å². The van der Waals surface area contributed by atoms with Crippen molar-refractivity contribution in [1.29, 1.82) is 5.26 Å². The topological polar surface area (TPSA) is 107 Å². The van der Waals surface area contributed by atoms with Gasteiger partial charge in [0.25, 0.3) is 0 Å². The highest BCUT2D eigenvalue weighted by Crippen LogP contribution is 2.53. The number of benzene rings is 1. The van der Waals surface area contributed by atoms with E-state index in [1.165, 1.54) is 13.1 Å². The summed E-state index contributed by atoms with van der Waals surface area (Å²) in [5.41, 5.74) is 4.81. The number of rotatable bonds is 2. The van der Waals surface area contributed by atoms with Crippen LogP contribution >= 0.6 is 0 Å². The zero-order valence-electron chi connectivity index (χ0n) is 16.9. The molecule has 2 atom stereocenters. The third-order valence-electron chi connectivity index (χ3n) is 6.00. The second kappa shape index (κ2) is 6.37. The molecule has 8 heteroatoms. The summed E-state index contributed by atoms with van der Waals surface area (Å²) in [7, 11) is 1.31. The molecule has 1 aromatic carbocycles. The summed E-state index contributed by atoms with van der Waals surface area (Å²) in [6, 6.07) is 7.01. The number of carbonyl (C=O) groups is 1. The van der Waals surface area contributed by atoms with Crippen LogP contribution in [0.2, 0.25) is 0 Å². The molecule has 0 aliphatic carbocycles. The molecule has 3 aliphatic rings. The van der Waals surface area contributed by atoms with Gasteiger partial charge in [-0.25, -0.2) is 9.78 Å². The predicted molar refractivity (Wildman–Crippen MR) is 110 cm³/mol. The highest BCUT2D eigenvalue weighted by Gasteiger charge is 2.48. The number of aromatic nitrogens is 1. The van der Waals surface area contributed by atoms with E-state index in [1.54, 1.807) is 25.3 Å². The van der Waals surface area contributed by atoms with Crippen molar-refractivity contribution >= 4 is 17.3 Å². The number of ether oxygens (including phenoxy) is 2. The molecular formula is C22H20N4O4. The molecule has 1 saturated heterocycles. The van der Waals surface area contributed by atoms with Crippen LogP contribution in [0, 0.1) is 23.5 Å². The number of allylic oxidation sites excluding steroid dienone is 1. The van der Waals surface area contributed by atoms with Crippen molar-refractivity contribution in [3.63, 3.8) is 0 Å².